The summed E-state index contributed by atoms with van der Waals surface area (Å²) in [4.78, 5) is 24.4. The zero-order valence-electron chi connectivity index (χ0n) is 11.5. The fraction of sp³-hybridized carbons (Fsp3) is 0.125. The van der Waals surface area contributed by atoms with Gasteiger partial charge in [0.2, 0.25) is 0 Å². The van der Waals surface area contributed by atoms with Gasteiger partial charge in [-0.05, 0) is 18.6 Å². The fourth-order valence-corrected chi connectivity index (χ4v) is 1.89. The van der Waals surface area contributed by atoms with Crippen molar-refractivity contribution >= 4 is 17.5 Å². The Balaban J connectivity index is 2.12. The van der Waals surface area contributed by atoms with Gasteiger partial charge in [0.25, 0.3) is 5.78 Å². The molecule has 2 rings (SSSR count). The number of carboxylic acid groups (broad SMARTS) is 1. The van der Waals surface area contributed by atoms with Gasteiger partial charge in [-0.2, -0.15) is 0 Å². The van der Waals surface area contributed by atoms with Gasteiger partial charge in [0.1, 0.15) is 5.76 Å². The fourth-order valence-electron chi connectivity index (χ4n) is 1.89. The van der Waals surface area contributed by atoms with Crippen molar-refractivity contribution in [1.29, 1.82) is 0 Å². The maximum atomic E-state index is 11.0. The number of H-pyrrole nitrogens is 1. The minimum atomic E-state index is -1.60. The summed E-state index contributed by atoms with van der Waals surface area (Å²) in [5.41, 5.74) is 3.53. The molecule has 2 aromatic rings. The Morgan fingerprint density at radius 3 is 2.48 bits per heavy atom. The van der Waals surface area contributed by atoms with Crippen LogP contribution in [0.1, 0.15) is 22.4 Å². The summed E-state index contributed by atoms with van der Waals surface area (Å²) in [5.74, 6) is -3.13. The molecule has 108 valence electrons. The van der Waals surface area contributed by atoms with Crippen LogP contribution >= 0.6 is 0 Å². The van der Waals surface area contributed by atoms with Gasteiger partial charge in [0.05, 0.1) is 0 Å². The predicted octanol–water partition coefficient (Wildman–Crippen LogP) is 2.47. The van der Waals surface area contributed by atoms with Gasteiger partial charge in [-0.15, -0.1) is 0 Å². The van der Waals surface area contributed by atoms with Crippen LogP contribution in [-0.2, 0) is 16.0 Å². The second kappa shape index (κ2) is 6.09. The third kappa shape index (κ3) is 3.82. The van der Waals surface area contributed by atoms with Crippen molar-refractivity contribution in [2.45, 2.75) is 13.3 Å². The van der Waals surface area contributed by atoms with Crippen LogP contribution in [0.3, 0.4) is 0 Å². The van der Waals surface area contributed by atoms with Crippen LogP contribution in [0.2, 0.25) is 0 Å². The molecule has 0 radical (unpaired) electrons. The highest BCUT2D eigenvalue weighted by molar-refractivity contribution is 6.38. The molecule has 0 spiro atoms. The number of hydrogen-bond acceptors (Lipinski definition) is 3. The minimum Gasteiger partial charge on any atom is -0.507 e. The summed E-state index contributed by atoms with van der Waals surface area (Å²) in [6.07, 6.45) is 2.88. The zero-order valence-corrected chi connectivity index (χ0v) is 11.5. The van der Waals surface area contributed by atoms with Crippen molar-refractivity contribution in [2.24, 2.45) is 0 Å². The molecule has 0 aliphatic heterocycles. The van der Waals surface area contributed by atoms with E-state index >= 15 is 0 Å². The van der Waals surface area contributed by atoms with Crippen molar-refractivity contribution in [3.8, 4) is 0 Å². The molecule has 0 amide bonds. The highest BCUT2D eigenvalue weighted by Crippen LogP contribution is 2.16. The smallest absolute Gasteiger partial charge is 0.376 e. The quantitative estimate of drug-likeness (QED) is 0.447. The second-order valence-electron chi connectivity index (χ2n) is 4.77. The number of aromatic amines is 1. The molecule has 0 saturated heterocycles. The minimum absolute atomic E-state index is 0.367. The number of carbonyl (C=O) groups excluding carboxylic acids is 1. The maximum Gasteiger partial charge on any atom is 0.376 e. The van der Waals surface area contributed by atoms with Gasteiger partial charge in [-0.1, -0.05) is 29.8 Å². The molecular formula is C16H15NO4. The number of aryl methyl sites for hydroxylation is 1. The number of nitrogens with one attached hydrogen (secondary N) is 1. The highest BCUT2D eigenvalue weighted by Gasteiger charge is 2.11. The number of aliphatic hydroxyl groups excluding tert-OH is 1. The van der Waals surface area contributed by atoms with Crippen molar-refractivity contribution in [2.75, 3.05) is 0 Å². The van der Waals surface area contributed by atoms with Gasteiger partial charge in [0, 0.05) is 30.0 Å². The Morgan fingerprint density at radius 2 is 1.86 bits per heavy atom. The average molecular weight is 285 g/mol. The lowest BCUT2D eigenvalue weighted by Gasteiger charge is -1.99. The summed E-state index contributed by atoms with van der Waals surface area (Å²) in [7, 11) is 0. The Kier molecular flexibility index (Phi) is 4.23. The summed E-state index contributed by atoms with van der Waals surface area (Å²) >= 11 is 0. The Bertz CT molecular complexity index is 695. The van der Waals surface area contributed by atoms with E-state index in [2.05, 4.69) is 4.98 Å². The molecule has 21 heavy (non-hydrogen) atoms. The third-order valence-electron chi connectivity index (χ3n) is 3.03. The van der Waals surface area contributed by atoms with Crippen LogP contribution in [0, 0.1) is 6.92 Å². The summed E-state index contributed by atoms with van der Waals surface area (Å²) in [6, 6.07) is 9.74. The molecule has 0 aliphatic carbocycles. The summed E-state index contributed by atoms with van der Waals surface area (Å²) in [6.45, 7) is 2.01. The molecular weight excluding hydrogens is 270 g/mol. The van der Waals surface area contributed by atoms with Crippen LogP contribution in [-0.4, -0.2) is 26.9 Å². The number of aliphatic hydroxyl groups is 1. The van der Waals surface area contributed by atoms with E-state index in [9.17, 15) is 14.7 Å². The van der Waals surface area contributed by atoms with Gasteiger partial charge in [0.15, 0.2) is 0 Å². The van der Waals surface area contributed by atoms with Crippen molar-refractivity contribution in [1.82, 2.24) is 4.98 Å². The monoisotopic (exact) mass is 285 g/mol. The Morgan fingerprint density at radius 1 is 1.19 bits per heavy atom. The lowest BCUT2D eigenvalue weighted by Crippen LogP contribution is -2.09. The Labute approximate surface area is 121 Å². The molecule has 0 atom stereocenters. The van der Waals surface area contributed by atoms with E-state index in [4.69, 9.17) is 5.11 Å². The number of carboxylic acids is 1. The first kappa shape index (κ1) is 14.6. The highest BCUT2D eigenvalue weighted by atomic mass is 16.4. The molecule has 1 aromatic carbocycles. The molecule has 0 saturated carbocycles. The number of aliphatic carboxylic acids is 1. The van der Waals surface area contributed by atoms with Crippen LogP contribution in [0.5, 0.6) is 0 Å². The topological polar surface area (TPSA) is 90.4 Å². The van der Waals surface area contributed by atoms with Crippen molar-refractivity contribution in [3.05, 3.63) is 65.0 Å². The van der Waals surface area contributed by atoms with Crippen LogP contribution in [0.4, 0.5) is 0 Å². The first-order valence-corrected chi connectivity index (χ1v) is 6.37. The van der Waals surface area contributed by atoms with Gasteiger partial charge in [-0.25, -0.2) is 4.79 Å². The third-order valence-corrected chi connectivity index (χ3v) is 3.03. The van der Waals surface area contributed by atoms with Crippen molar-refractivity contribution in [3.63, 3.8) is 0 Å². The van der Waals surface area contributed by atoms with E-state index in [-0.39, 0.29) is 5.76 Å². The zero-order chi connectivity index (χ0) is 15.4. The lowest BCUT2D eigenvalue weighted by atomic mass is 10.1. The summed E-state index contributed by atoms with van der Waals surface area (Å²) in [5, 5.41) is 18.2. The molecule has 0 unspecified atom stereocenters. The van der Waals surface area contributed by atoms with Crippen molar-refractivity contribution < 1.29 is 19.8 Å². The molecule has 1 heterocycles. The number of aromatic nitrogens is 1. The van der Waals surface area contributed by atoms with E-state index in [1.165, 1.54) is 11.8 Å². The van der Waals surface area contributed by atoms with Gasteiger partial charge in [-0.3, -0.25) is 4.79 Å². The number of rotatable bonds is 5. The van der Waals surface area contributed by atoms with Crippen LogP contribution < -0.4 is 0 Å². The molecule has 0 bridgehead atoms. The molecule has 0 aliphatic rings. The molecule has 5 heteroatoms. The van der Waals surface area contributed by atoms with Gasteiger partial charge < -0.3 is 15.2 Å². The first-order valence-electron chi connectivity index (χ1n) is 6.37. The number of ketones is 1. The van der Waals surface area contributed by atoms with E-state index in [0.29, 0.717) is 18.1 Å². The second-order valence-corrected chi connectivity index (χ2v) is 4.77. The van der Waals surface area contributed by atoms with E-state index in [1.54, 1.807) is 6.07 Å². The number of benzene rings is 1. The van der Waals surface area contributed by atoms with E-state index in [0.717, 1.165) is 11.3 Å². The standard InChI is InChI=1S/C16H15NO4/c1-10-2-4-11(5-3-10)6-13-7-12(9-17-13)14(18)8-15(19)16(20)21/h2-5,7-9,17-18H,6H2,1H3,(H,20,21). The normalized spacial score (nSPS) is 11.4. The molecule has 5 nitrogen and oxygen atoms in total. The van der Waals surface area contributed by atoms with Gasteiger partial charge >= 0.3 is 5.97 Å². The summed E-state index contributed by atoms with van der Waals surface area (Å²) < 4.78 is 0. The van der Waals surface area contributed by atoms with E-state index in [1.807, 2.05) is 31.2 Å². The maximum absolute atomic E-state index is 11.0. The first-order chi connectivity index (χ1) is 9.95. The molecule has 0 fully saturated rings. The predicted molar refractivity (Wildman–Crippen MR) is 78.0 cm³/mol. The number of hydrogen-bond donors (Lipinski definition) is 3. The van der Waals surface area contributed by atoms with Crippen LogP contribution in [0.15, 0.2) is 42.6 Å². The Hall–Kier alpha value is -2.82. The average Bonchev–Trinajstić information content (AvgIpc) is 2.90. The molecule has 1 aromatic heterocycles. The number of carbonyl (C=O) groups is 2. The van der Waals surface area contributed by atoms with Crippen LogP contribution in [0.25, 0.3) is 5.76 Å². The van der Waals surface area contributed by atoms with E-state index < -0.39 is 11.8 Å². The SMILES string of the molecule is Cc1ccc(Cc2cc(C(O)=CC(=O)C(=O)O)c[nH]2)cc1. The lowest BCUT2D eigenvalue weighted by molar-refractivity contribution is -0.146. The largest absolute Gasteiger partial charge is 0.507 e. The molecule has 3 N–H and O–H groups in total.